The lowest BCUT2D eigenvalue weighted by Crippen LogP contribution is -2.30. The third-order valence-corrected chi connectivity index (χ3v) is 4.20. The van der Waals surface area contributed by atoms with Gasteiger partial charge < -0.3 is 4.90 Å². The highest BCUT2D eigenvalue weighted by molar-refractivity contribution is 5.96. The van der Waals surface area contributed by atoms with E-state index in [2.05, 4.69) is 16.4 Å². The van der Waals surface area contributed by atoms with Crippen LogP contribution in [0, 0.1) is 0 Å². The summed E-state index contributed by atoms with van der Waals surface area (Å²) in [5.74, 6) is -0.0408. The molecule has 1 aromatic heterocycles. The van der Waals surface area contributed by atoms with E-state index in [0.29, 0.717) is 0 Å². The van der Waals surface area contributed by atoms with Gasteiger partial charge in [-0.15, -0.1) is 5.10 Å². The predicted octanol–water partition coefficient (Wildman–Crippen LogP) is 3.25. The highest BCUT2D eigenvalue weighted by atomic mass is 16.2. The number of anilines is 1. The number of carbonyl (C=O) groups is 1. The molecule has 0 N–H and O–H groups in total. The van der Waals surface area contributed by atoms with Gasteiger partial charge in [0.25, 0.3) is 0 Å². The minimum absolute atomic E-state index is 0.0408. The summed E-state index contributed by atoms with van der Waals surface area (Å²) in [4.78, 5) is 14.3. The number of benzene rings is 3. The first-order valence-corrected chi connectivity index (χ1v) is 7.76. The van der Waals surface area contributed by atoms with Gasteiger partial charge in [0.15, 0.2) is 0 Å². The van der Waals surface area contributed by atoms with E-state index in [9.17, 15) is 4.79 Å². The predicted molar refractivity (Wildman–Crippen MR) is 94.9 cm³/mol. The van der Waals surface area contributed by atoms with Crippen molar-refractivity contribution < 1.29 is 4.79 Å². The fourth-order valence-electron chi connectivity index (χ4n) is 2.80. The van der Waals surface area contributed by atoms with Gasteiger partial charge in [0.2, 0.25) is 5.91 Å². The van der Waals surface area contributed by atoms with Gasteiger partial charge in [-0.05, 0) is 35.0 Å². The lowest BCUT2D eigenvalue weighted by atomic mass is 10.1. The van der Waals surface area contributed by atoms with E-state index in [1.165, 1.54) is 0 Å². The number of nitrogens with zero attached hydrogens (tertiary/aromatic N) is 4. The van der Waals surface area contributed by atoms with Crippen molar-refractivity contribution in [2.24, 2.45) is 0 Å². The highest BCUT2D eigenvalue weighted by Gasteiger charge is 2.14. The molecule has 0 unspecified atom stereocenters. The maximum Gasteiger partial charge on any atom is 0.248 e. The topological polar surface area (TPSA) is 51.0 Å². The Kier molecular flexibility index (Phi) is 3.46. The van der Waals surface area contributed by atoms with Crippen molar-refractivity contribution in [1.82, 2.24) is 15.0 Å². The third kappa shape index (κ3) is 2.50. The molecule has 4 aromatic rings. The quantitative estimate of drug-likeness (QED) is 0.583. The van der Waals surface area contributed by atoms with Gasteiger partial charge in [-0.1, -0.05) is 47.7 Å². The molecule has 0 atom stereocenters. The molecule has 24 heavy (non-hydrogen) atoms. The molecule has 118 valence electrons. The Balaban J connectivity index is 1.61. The van der Waals surface area contributed by atoms with Crippen molar-refractivity contribution in [1.29, 1.82) is 0 Å². The molecule has 4 rings (SSSR count). The molecule has 0 spiro atoms. The van der Waals surface area contributed by atoms with Crippen LogP contribution in [-0.2, 0) is 11.3 Å². The van der Waals surface area contributed by atoms with E-state index in [1.54, 1.807) is 16.6 Å². The van der Waals surface area contributed by atoms with E-state index in [4.69, 9.17) is 0 Å². The van der Waals surface area contributed by atoms with Crippen molar-refractivity contribution in [3.05, 3.63) is 66.7 Å². The van der Waals surface area contributed by atoms with Crippen LogP contribution in [0.5, 0.6) is 0 Å². The summed E-state index contributed by atoms with van der Waals surface area (Å²) in [6, 6.07) is 21.7. The number of fused-ring (bicyclic) bond motifs is 2. The van der Waals surface area contributed by atoms with Gasteiger partial charge >= 0.3 is 0 Å². The average molecular weight is 316 g/mol. The number of amides is 1. The highest BCUT2D eigenvalue weighted by Crippen LogP contribution is 2.21. The Morgan fingerprint density at radius 1 is 1.00 bits per heavy atom. The molecule has 1 heterocycles. The molecule has 0 saturated heterocycles. The zero-order chi connectivity index (χ0) is 16.5. The number of hydrogen-bond acceptors (Lipinski definition) is 3. The third-order valence-electron chi connectivity index (χ3n) is 4.20. The number of likely N-dealkylation sites (N-methyl/N-ethyl adjacent to an activating group) is 1. The number of hydrogen-bond donors (Lipinski definition) is 0. The van der Waals surface area contributed by atoms with Crippen LogP contribution in [0.4, 0.5) is 5.69 Å². The summed E-state index contributed by atoms with van der Waals surface area (Å²) in [5.41, 5.74) is 2.51. The molecule has 5 nitrogen and oxygen atoms in total. The smallest absolute Gasteiger partial charge is 0.248 e. The molecular formula is C19H16N4O. The van der Waals surface area contributed by atoms with Crippen LogP contribution in [0.1, 0.15) is 0 Å². The molecule has 0 radical (unpaired) electrons. The molecule has 0 fully saturated rings. The standard InChI is InChI=1S/C19H16N4O/c1-22(16-11-10-14-6-2-3-7-15(14)12-16)19(24)13-23-18-9-5-4-8-17(18)20-21-23/h2-12H,13H2,1H3. The van der Waals surface area contributed by atoms with Crippen molar-refractivity contribution in [3.8, 4) is 0 Å². The number of aromatic nitrogens is 3. The monoisotopic (exact) mass is 316 g/mol. The van der Waals surface area contributed by atoms with E-state index >= 15 is 0 Å². The molecule has 0 aliphatic rings. The maximum absolute atomic E-state index is 12.6. The first-order valence-electron chi connectivity index (χ1n) is 7.76. The Labute approximate surface area is 139 Å². The second-order valence-electron chi connectivity index (χ2n) is 5.72. The first-order chi connectivity index (χ1) is 11.7. The molecule has 3 aromatic carbocycles. The SMILES string of the molecule is CN(C(=O)Cn1nnc2ccccc21)c1ccc2ccccc2c1. The van der Waals surface area contributed by atoms with Gasteiger partial charge in [-0.3, -0.25) is 4.79 Å². The Hall–Kier alpha value is -3.21. The van der Waals surface area contributed by atoms with E-state index in [1.807, 2.05) is 60.7 Å². The molecule has 0 saturated carbocycles. The van der Waals surface area contributed by atoms with Crippen LogP contribution in [0.15, 0.2) is 66.7 Å². The summed E-state index contributed by atoms with van der Waals surface area (Å²) in [6.45, 7) is 0.157. The minimum atomic E-state index is -0.0408. The van der Waals surface area contributed by atoms with Crippen LogP contribution in [0.25, 0.3) is 21.8 Å². The van der Waals surface area contributed by atoms with Crippen molar-refractivity contribution >= 4 is 33.4 Å². The van der Waals surface area contributed by atoms with Gasteiger partial charge in [-0.25, -0.2) is 4.68 Å². The van der Waals surface area contributed by atoms with Crippen molar-refractivity contribution in [2.45, 2.75) is 6.54 Å². The Morgan fingerprint density at radius 3 is 2.62 bits per heavy atom. The number of rotatable bonds is 3. The summed E-state index contributed by atoms with van der Waals surface area (Å²) in [7, 11) is 1.78. The van der Waals surface area contributed by atoms with Crippen LogP contribution in [-0.4, -0.2) is 27.9 Å². The van der Waals surface area contributed by atoms with Gasteiger partial charge in [0.05, 0.1) is 5.52 Å². The Morgan fingerprint density at radius 2 is 1.75 bits per heavy atom. The summed E-state index contributed by atoms with van der Waals surface area (Å²) in [6.07, 6.45) is 0. The summed E-state index contributed by atoms with van der Waals surface area (Å²) < 4.78 is 1.63. The second kappa shape index (κ2) is 5.77. The van der Waals surface area contributed by atoms with Crippen molar-refractivity contribution in [3.63, 3.8) is 0 Å². The molecule has 1 amide bonds. The van der Waals surface area contributed by atoms with E-state index in [0.717, 1.165) is 27.5 Å². The number of para-hydroxylation sites is 1. The summed E-state index contributed by atoms with van der Waals surface area (Å²) in [5, 5.41) is 10.4. The van der Waals surface area contributed by atoms with E-state index < -0.39 is 0 Å². The van der Waals surface area contributed by atoms with Gasteiger partial charge in [0, 0.05) is 12.7 Å². The maximum atomic E-state index is 12.6. The van der Waals surface area contributed by atoms with Crippen LogP contribution < -0.4 is 4.90 Å². The fraction of sp³-hybridized carbons (Fsp3) is 0.105. The van der Waals surface area contributed by atoms with Crippen molar-refractivity contribution in [2.75, 3.05) is 11.9 Å². The van der Waals surface area contributed by atoms with Gasteiger partial charge in [-0.2, -0.15) is 0 Å². The summed E-state index contributed by atoms with van der Waals surface area (Å²) >= 11 is 0. The lowest BCUT2D eigenvalue weighted by Gasteiger charge is -2.18. The molecule has 5 heteroatoms. The minimum Gasteiger partial charge on any atom is -0.314 e. The van der Waals surface area contributed by atoms with Gasteiger partial charge in [0.1, 0.15) is 12.1 Å². The number of carbonyl (C=O) groups excluding carboxylic acids is 1. The first kappa shape index (κ1) is 14.4. The molecule has 0 aliphatic heterocycles. The Bertz CT molecular complexity index is 1040. The molecule has 0 bridgehead atoms. The fourth-order valence-corrected chi connectivity index (χ4v) is 2.80. The largest absolute Gasteiger partial charge is 0.314 e. The second-order valence-corrected chi connectivity index (χ2v) is 5.72. The molecule has 0 aliphatic carbocycles. The zero-order valence-electron chi connectivity index (χ0n) is 13.3. The van der Waals surface area contributed by atoms with Crippen LogP contribution in [0.3, 0.4) is 0 Å². The van der Waals surface area contributed by atoms with Crippen LogP contribution in [0.2, 0.25) is 0 Å². The zero-order valence-corrected chi connectivity index (χ0v) is 13.3. The lowest BCUT2D eigenvalue weighted by molar-refractivity contribution is -0.119. The van der Waals surface area contributed by atoms with E-state index in [-0.39, 0.29) is 12.5 Å². The normalized spacial score (nSPS) is 11.0. The average Bonchev–Trinajstić information content (AvgIpc) is 3.03. The van der Waals surface area contributed by atoms with Crippen LogP contribution >= 0.6 is 0 Å². The molecular weight excluding hydrogens is 300 g/mol.